The summed E-state index contributed by atoms with van der Waals surface area (Å²) >= 11 is 0. The molecule has 5 rings (SSSR count). The molecule has 2 aliphatic rings. The maximum absolute atomic E-state index is 6.12. The summed E-state index contributed by atoms with van der Waals surface area (Å²) in [6.07, 6.45) is 3.06. The molecule has 0 radical (unpaired) electrons. The van der Waals surface area contributed by atoms with Crippen LogP contribution < -0.4 is 9.64 Å². The number of fused-ring (bicyclic) bond motifs is 3. The first-order valence-electron chi connectivity index (χ1n) is 8.94. The number of benzene rings is 2. The van der Waals surface area contributed by atoms with Crippen LogP contribution in [0, 0.1) is 13.8 Å². The average molecular weight is 331 g/mol. The zero-order valence-corrected chi connectivity index (χ0v) is 14.6. The lowest BCUT2D eigenvalue weighted by molar-refractivity contribution is 0.289. The van der Waals surface area contributed by atoms with Crippen LogP contribution in [0.25, 0.3) is 0 Å². The molecule has 3 heteroatoms. The van der Waals surface area contributed by atoms with E-state index in [4.69, 9.17) is 9.15 Å². The smallest absolute Gasteiger partial charge is 0.208 e. The second-order valence-corrected chi connectivity index (χ2v) is 7.05. The third-order valence-electron chi connectivity index (χ3n) is 5.12. The maximum atomic E-state index is 6.12. The van der Waals surface area contributed by atoms with E-state index in [0.717, 1.165) is 49.0 Å². The van der Waals surface area contributed by atoms with Gasteiger partial charge in [0.1, 0.15) is 11.5 Å². The fourth-order valence-corrected chi connectivity index (χ4v) is 4.05. The molecule has 3 aromatic rings. The predicted octanol–water partition coefficient (Wildman–Crippen LogP) is 5.60. The van der Waals surface area contributed by atoms with Crippen LogP contribution in [0.4, 0.5) is 17.3 Å². The molecule has 2 aromatic carbocycles. The summed E-state index contributed by atoms with van der Waals surface area (Å²) in [4.78, 5) is 2.24. The van der Waals surface area contributed by atoms with Crippen LogP contribution in [0.1, 0.15) is 34.4 Å². The van der Waals surface area contributed by atoms with E-state index >= 15 is 0 Å². The Morgan fingerprint density at radius 1 is 0.920 bits per heavy atom. The van der Waals surface area contributed by atoms with Crippen molar-refractivity contribution in [2.24, 2.45) is 0 Å². The Bertz CT molecular complexity index is 970. The highest BCUT2D eigenvalue weighted by Gasteiger charge is 2.30. The summed E-state index contributed by atoms with van der Waals surface area (Å²) in [6.45, 7) is 4.94. The monoisotopic (exact) mass is 331 g/mol. The third kappa shape index (κ3) is 2.26. The van der Waals surface area contributed by atoms with E-state index in [1.807, 2.05) is 6.92 Å². The standard InChI is InChI=1S/C22H21NO2/c1-14-8-9-19-17(11-14)13-18-12-15(2)25-22(18)23(19)20-7-3-5-16-6-4-10-24-21(16)20/h3,5,7-9,11-12H,4,6,10,13H2,1-2H3. The molecule has 0 atom stereocenters. The van der Waals surface area contributed by atoms with Gasteiger partial charge < -0.3 is 9.15 Å². The Labute approximate surface area is 147 Å². The molecule has 0 unspecified atom stereocenters. The number of aryl methyl sites for hydroxylation is 3. The molecular formula is C22H21NO2. The van der Waals surface area contributed by atoms with E-state index in [9.17, 15) is 0 Å². The Hall–Kier alpha value is -2.68. The summed E-state index contributed by atoms with van der Waals surface area (Å²) in [7, 11) is 0. The first kappa shape index (κ1) is 14.6. The van der Waals surface area contributed by atoms with Gasteiger partial charge in [-0.25, -0.2) is 0 Å². The van der Waals surface area contributed by atoms with Gasteiger partial charge in [-0.3, -0.25) is 4.90 Å². The van der Waals surface area contributed by atoms with Gasteiger partial charge in [0.25, 0.3) is 0 Å². The molecule has 0 saturated heterocycles. The number of furan rings is 1. The molecule has 2 aliphatic heterocycles. The number of para-hydroxylation sites is 1. The first-order chi connectivity index (χ1) is 12.2. The zero-order chi connectivity index (χ0) is 17.0. The van der Waals surface area contributed by atoms with E-state index < -0.39 is 0 Å². The number of rotatable bonds is 1. The molecule has 126 valence electrons. The van der Waals surface area contributed by atoms with Crippen LogP contribution in [0.2, 0.25) is 0 Å². The number of hydrogen-bond donors (Lipinski definition) is 0. The molecule has 3 heterocycles. The van der Waals surface area contributed by atoms with Crippen molar-refractivity contribution in [1.82, 2.24) is 0 Å². The van der Waals surface area contributed by atoms with Crippen molar-refractivity contribution >= 4 is 17.3 Å². The Morgan fingerprint density at radius 3 is 2.76 bits per heavy atom. The SMILES string of the molecule is Cc1ccc2c(c1)Cc1cc(C)oc1N2c1cccc2c1OCCC2. The van der Waals surface area contributed by atoms with Gasteiger partial charge in [0, 0.05) is 12.0 Å². The molecule has 0 spiro atoms. The van der Waals surface area contributed by atoms with Crippen molar-refractivity contribution in [2.45, 2.75) is 33.1 Å². The second kappa shape index (κ2) is 5.41. The van der Waals surface area contributed by atoms with Gasteiger partial charge in [-0.15, -0.1) is 0 Å². The van der Waals surface area contributed by atoms with E-state index in [0.29, 0.717) is 0 Å². The minimum Gasteiger partial charge on any atom is -0.491 e. The van der Waals surface area contributed by atoms with Crippen LogP contribution in [0.3, 0.4) is 0 Å². The van der Waals surface area contributed by atoms with Gasteiger partial charge in [-0.2, -0.15) is 0 Å². The quantitative estimate of drug-likeness (QED) is 0.454. The molecule has 25 heavy (non-hydrogen) atoms. The number of anilines is 3. The topological polar surface area (TPSA) is 25.6 Å². The lowest BCUT2D eigenvalue weighted by Gasteiger charge is -2.32. The molecule has 0 fully saturated rings. The summed E-state index contributed by atoms with van der Waals surface area (Å²) in [6, 6.07) is 15.2. The third-order valence-corrected chi connectivity index (χ3v) is 5.12. The van der Waals surface area contributed by atoms with E-state index in [1.54, 1.807) is 0 Å². The van der Waals surface area contributed by atoms with Crippen molar-refractivity contribution in [3.05, 3.63) is 70.5 Å². The van der Waals surface area contributed by atoms with E-state index in [-0.39, 0.29) is 0 Å². The zero-order valence-electron chi connectivity index (χ0n) is 14.6. The fourth-order valence-electron chi connectivity index (χ4n) is 4.05. The lowest BCUT2D eigenvalue weighted by atomic mass is 9.96. The van der Waals surface area contributed by atoms with Crippen molar-refractivity contribution in [3.8, 4) is 5.75 Å². The highest BCUT2D eigenvalue weighted by Crippen LogP contribution is 2.49. The van der Waals surface area contributed by atoms with Crippen LogP contribution in [0.15, 0.2) is 46.9 Å². The van der Waals surface area contributed by atoms with E-state index in [1.165, 1.54) is 27.9 Å². The highest BCUT2D eigenvalue weighted by molar-refractivity contribution is 5.84. The normalized spacial score (nSPS) is 15.2. The van der Waals surface area contributed by atoms with Crippen LogP contribution in [-0.4, -0.2) is 6.61 Å². The van der Waals surface area contributed by atoms with Crippen molar-refractivity contribution in [3.63, 3.8) is 0 Å². The fraction of sp³-hybridized carbons (Fsp3) is 0.273. The lowest BCUT2D eigenvalue weighted by Crippen LogP contribution is -2.20. The van der Waals surface area contributed by atoms with Gasteiger partial charge in [0.15, 0.2) is 0 Å². The first-order valence-corrected chi connectivity index (χ1v) is 8.94. The predicted molar refractivity (Wildman–Crippen MR) is 99.5 cm³/mol. The summed E-state index contributed by atoms with van der Waals surface area (Å²) < 4.78 is 12.2. The molecule has 1 aromatic heterocycles. The minimum absolute atomic E-state index is 0.780. The Kier molecular flexibility index (Phi) is 3.17. The molecule has 0 saturated carbocycles. The van der Waals surface area contributed by atoms with Crippen LogP contribution in [0.5, 0.6) is 5.75 Å². The molecule has 0 bridgehead atoms. The number of hydrogen-bond acceptors (Lipinski definition) is 3. The van der Waals surface area contributed by atoms with Crippen molar-refractivity contribution < 1.29 is 9.15 Å². The van der Waals surface area contributed by atoms with Crippen LogP contribution >= 0.6 is 0 Å². The second-order valence-electron chi connectivity index (χ2n) is 7.05. The van der Waals surface area contributed by atoms with Gasteiger partial charge in [0.2, 0.25) is 5.88 Å². The van der Waals surface area contributed by atoms with E-state index in [2.05, 4.69) is 54.3 Å². The summed E-state index contributed by atoms with van der Waals surface area (Å²) in [5, 5.41) is 0. The molecule has 0 N–H and O–H groups in total. The Balaban J connectivity index is 1.76. The minimum atomic E-state index is 0.780. The van der Waals surface area contributed by atoms with Gasteiger partial charge in [-0.05, 0) is 56.0 Å². The Morgan fingerprint density at radius 2 is 1.84 bits per heavy atom. The maximum Gasteiger partial charge on any atom is 0.208 e. The highest BCUT2D eigenvalue weighted by atomic mass is 16.5. The molecule has 0 amide bonds. The van der Waals surface area contributed by atoms with Crippen molar-refractivity contribution in [2.75, 3.05) is 11.5 Å². The summed E-state index contributed by atoms with van der Waals surface area (Å²) in [5.74, 6) is 2.88. The molecule has 0 aliphatic carbocycles. The number of ether oxygens (including phenoxy) is 1. The summed E-state index contributed by atoms with van der Waals surface area (Å²) in [5.41, 5.74) is 7.42. The van der Waals surface area contributed by atoms with Gasteiger partial charge in [0.05, 0.1) is 18.0 Å². The molecule has 3 nitrogen and oxygen atoms in total. The largest absolute Gasteiger partial charge is 0.491 e. The number of nitrogens with zero attached hydrogens (tertiary/aromatic N) is 1. The van der Waals surface area contributed by atoms with Gasteiger partial charge >= 0.3 is 0 Å². The van der Waals surface area contributed by atoms with Crippen LogP contribution in [-0.2, 0) is 12.8 Å². The molecular weight excluding hydrogens is 310 g/mol. The van der Waals surface area contributed by atoms with Crippen molar-refractivity contribution in [1.29, 1.82) is 0 Å². The van der Waals surface area contributed by atoms with Gasteiger partial charge in [-0.1, -0.05) is 29.8 Å². The average Bonchev–Trinajstić information content (AvgIpc) is 2.98.